The zero-order valence-corrected chi connectivity index (χ0v) is 22.0. The van der Waals surface area contributed by atoms with E-state index in [9.17, 15) is 19.8 Å². The van der Waals surface area contributed by atoms with E-state index in [1.807, 2.05) is 26.0 Å². The fraction of sp³-hybridized carbons (Fsp3) is 0.200. The van der Waals surface area contributed by atoms with Gasteiger partial charge in [0.05, 0.1) is 43.1 Å². The summed E-state index contributed by atoms with van der Waals surface area (Å²) in [5.74, 6) is -0.0943. The number of H-pyrrole nitrogens is 1. The van der Waals surface area contributed by atoms with Crippen molar-refractivity contribution in [3.63, 3.8) is 0 Å². The number of hydrogen-bond acceptors (Lipinski definition) is 8. The van der Waals surface area contributed by atoms with Crippen molar-refractivity contribution in [3.8, 4) is 28.7 Å². The van der Waals surface area contributed by atoms with Gasteiger partial charge in [0.2, 0.25) is 5.43 Å². The van der Waals surface area contributed by atoms with E-state index in [1.165, 1.54) is 45.6 Å². The number of allylic oxidation sites excluding steroid dienone is 2. The van der Waals surface area contributed by atoms with Crippen LogP contribution in [0.25, 0.3) is 32.8 Å². The number of hydrogen-bond donors (Lipinski definition) is 3. The van der Waals surface area contributed by atoms with Gasteiger partial charge in [0.25, 0.3) is 0 Å². The minimum absolute atomic E-state index is 0.0592. The number of fused-ring (bicyclic) bond motifs is 3. The second kappa shape index (κ2) is 9.75. The number of aromatic amines is 1. The second-order valence-corrected chi connectivity index (χ2v) is 9.36. The first-order chi connectivity index (χ1) is 18.7. The number of aromatic nitrogens is 1. The molecule has 0 amide bonds. The Morgan fingerprint density at radius 2 is 1.64 bits per heavy atom. The van der Waals surface area contributed by atoms with E-state index >= 15 is 0 Å². The Labute approximate surface area is 222 Å². The third-order valence-corrected chi connectivity index (χ3v) is 6.71. The molecule has 5 aromatic rings. The number of nitrogens with one attached hydrogen (secondary N) is 1. The maximum absolute atomic E-state index is 13.7. The van der Waals surface area contributed by atoms with Crippen molar-refractivity contribution >= 4 is 32.8 Å². The van der Waals surface area contributed by atoms with Crippen LogP contribution in [0.1, 0.15) is 30.9 Å². The predicted molar refractivity (Wildman–Crippen MR) is 149 cm³/mol. The zero-order valence-electron chi connectivity index (χ0n) is 22.0. The molecule has 2 aromatic heterocycles. The van der Waals surface area contributed by atoms with E-state index in [-0.39, 0.29) is 33.5 Å². The van der Waals surface area contributed by atoms with Crippen LogP contribution in [0.4, 0.5) is 0 Å². The minimum atomic E-state index is -0.546. The molecule has 2 heterocycles. The fourth-order valence-electron chi connectivity index (χ4n) is 5.04. The number of phenolic OH excluding ortho intramolecular Hbond substituents is 2. The van der Waals surface area contributed by atoms with Gasteiger partial charge in [-0.15, -0.1) is 0 Å². The largest absolute Gasteiger partial charge is 0.507 e. The molecule has 0 aliphatic rings. The highest BCUT2D eigenvalue weighted by Crippen LogP contribution is 2.45. The number of aromatic hydroxyl groups is 2. The molecule has 0 aliphatic carbocycles. The Hall–Kier alpha value is -4.92. The Morgan fingerprint density at radius 3 is 2.31 bits per heavy atom. The van der Waals surface area contributed by atoms with Crippen LogP contribution in [-0.4, -0.2) is 36.5 Å². The molecule has 3 aromatic carbocycles. The molecule has 0 spiro atoms. The van der Waals surface area contributed by atoms with Crippen LogP contribution in [0.3, 0.4) is 0 Å². The van der Waals surface area contributed by atoms with E-state index in [0.717, 1.165) is 5.57 Å². The number of benzene rings is 3. The Balaban J connectivity index is 1.97. The van der Waals surface area contributed by atoms with E-state index < -0.39 is 17.0 Å². The third kappa shape index (κ3) is 4.21. The first-order valence-electron chi connectivity index (χ1n) is 12.1. The van der Waals surface area contributed by atoms with Crippen LogP contribution in [0.15, 0.2) is 68.1 Å². The molecule has 39 heavy (non-hydrogen) atoms. The molecule has 200 valence electrons. The normalized spacial score (nSPS) is 12.0. The van der Waals surface area contributed by atoms with Gasteiger partial charge in [-0.05, 0) is 38.1 Å². The summed E-state index contributed by atoms with van der Waals surface area (Å²) in [5, 5.41) is 22.3. The molecule has 1 atom stereocenters. The van der Waals surface area contributed by atoms with E-state index in [4.69, 9.17) is 18.6 Å². The maximum atomic E-state index is 13.7. The van der Waals surface area contributed by atoms with Crippen molar-refractivity contribution in [2.45, 2.75) is 19.8 Å². The molecular weight excluding hydrogens is 502 g/mol. The molecular formula is C30H27NO8. The van der Waals surface area contributed by atoms with Crippen molar-refractivity contribution in [3.05, 3.63) is 85.9 Å². The molecule has 9 nitrogen and oxygen atoms in total. The van der Waals surface area contributed by atoms with Gasteiger partial charge in [0.1, 0.15) is 22.8 Å². The molecule has 3 N–H and O–H groups in total. The van der Waals surface area contributed by atoms with Gasteiger partial charge in [-0.25, -0.2) is 4.79 Å². The van der Waals surface area contributed by atoms with Gasteiger partial charge < -0.3 is 33.8 Å². The molecule has 0 bridgehead atoms. The van der Waals surface area contributed by atoms with Crippen LogP contribution in [0.2, 0.25) is 0 Å². The number of rotatable bonds is 6. The number of pyridine rings is 1. The lowest BCUT2D eigenvalue weighted by Gasteiger charge is -2.23. The summed E-state index contributed by atoms with van der Waals surface area (Å²) in [4.78, 5) is 28.8. The van der Waals surface area contributed by atoms with Crippen molar-refractivity contribution < 1.29 is 28.8 Å². The number of phenols is 2. The van der Waals surface area contributed by atoms with Crippen molar-refractivity contribution in [2.75, 3.05) is 21.3 Å². The smallest absolute Gasteiger partial charge is 0.336 e. The molecule has 0 radical (unpaired) electrons. The monoisotopic (exact) mass is 529 g/mol. The minimum Gasteiger partial charge on any atom is -0.507 e. The quantitative estimate of drug-likeness (QED) is 0.153. The molecule has 0 fully saturated rings. The molecule has 0 aliphatic heterocycles. The highest BCUT2D eigenvalue weighted by atomic mass is 16.5. The summed E-state index contributed by atoms with van der Waals surface area (Å²) >= 11 is 0. The van der Waals surface area contributed by atoms with Gasteiger partial charge in [0.15, 0.2) is 11.5 Å². The average molecular weight is 530 g/mol. The lowest BCUT2D eigenvalue weighted by Crippen LogP contribution is -2.11. The molecule has 5 rings (SSSR count). The van der Waals surface area contributed by atoms with Crippen LogP contribution in [0.5, 0.6) is 28.7 Å². The third-order valence-electron chi connectivity index (χ3n) is 6.71. The van der Waals surface area contributed by atoms with Crippen LogP contribution >= 0.6 is 0 Å². The summed E-state index contributed by atoms with van der Waals surface area (Å²) in [6.45, 7) is 3.88. The van der Waals surface area contributed by atoms with Crippen molar-refractivity contribution in [1.82, 2.24) is 4.98 Å². The van der Waals surface area contributed by atoms with Crippen molar-refractivity contribution in [1.29, 1.82) is 0 Å². The SMILES string of the molecule is COc1cc2oc(=O)ccc2cc1C(C=C(C)C)c1c(OC)cc(O)c2c(=O)c3ccc(O)c(OC)c3[nH]c12. The molecule has 0 saturated heterocycles. The van der Waals surface area contributed by atoms with E-state index in [2.05, 4.69) is 4.98 Å². The van der Waals surface area contributed by atoms with Crippen molar-refractivity contribution in [2.24, 2.45) is 0 Å². The maximum Gasteiger partial charge on any atom is 0.336 e. The molecule has 1 unspecified atom stereocenters. The van der Waals surface area contributed by atoms with Gasteiger partial charge >= 0.3 is 5.63 Å². The Bertz CT molecular complexity index is 1910. The summed E-state index contributed by atoms with van der Waals surface area (Å²) in [7, 11) is 4.38. The summed E-state index contributed by atoms with van der Waals surface area (Å²) in [6, 6.07) is 10.8. The molecule has 9 heteroatoms. The zero-order chi connectivity index (χ0) is 28.0. The Morgan fingerprint density at radius 1 is 0.897 bits per heavy atom. The highest BCUT2D eigenvalue weighted by Gasteiger charge is 2.27. The first-order valence-corrected chi connectivity index (χ1v) is 12.1. The van der Waals surface area contributed by atoms with Crippen LogP contribution < -0.4 is 25.3 Å². The number of ether oxygens (including phenoxy) is 3. The standard InChI is InChI=1S/C30H27NO8/c1-14(2)10-18(17-11-15-6-9-24(34)39-21(15)13-22(17)36-3)25-23(37-4)12-20(33)26-28(25)31-27-16(29(26)35)7-8-19(32)30(27)38-5/h6-13,18,32-33H,1-5H3,(H,31,35). The Kier molecular flexibility index (Phi) is 6.43. The van der Waals surface area contributed by atoms with E-state index in [0.29, 0.717) is 39.1 Å². The van der Waals surface area contributed by atoms with Crippen LogP contribution in [0, 0.1) is 0 Å². The van der Waals surface area contributed by atoms with Gasteiger partial charge in [0, 0.05) is 40.6 Å². The molecule has 0 saturated carbocycles. The second-order valence-electron chi connectivity index (χ2n) is 9.36. The van der Waals surface area contributed by atoms with Gasteiger partial charge in [-0.1, -0.05) is 11.6 Å². The lowest BCUT2D eigenvalue weighted by molar-refractivity contribution is 0.377. The summed E-state index contributed by atoms with van der Waals surface area (Å²) in [5.41, 5.74) is 2.22. The van der Waals surface area contributed by atoms with Gasteiger partial charge in [-0.2, -0.15) is 0 Å². The predicted octanol–water partition coefficient (Wildman–Crippen LogP) is 5.32. The topological polar surface area (TPSA) is 131 Å². The first kappa shape index (κ1) is 25.7. The fourth-order valence-corrected chi connectivity index (χ4v) is 5.04. The van der Waals surface area contributed by atoms with Gasteiger partial charge in [-0.3, -0.25) is 4.79 Å². The van der Waals surface area contributed by atoms with E-state index in [1.54, 1.807) is 12.1 Å². The summed E-state index contributed by atoms with van der Waals surface area (Å²) < 4.78 is 22.2. The lowest BCUT2D eigenvalue weighted by atomic mass is 9.85. The van der Waals surface area contributed by atoms with Crippen LogP contribution in [-0.2, 0) is 0 Å². The summed E-state index contributed by atoms with van der Waals surface area (Å²) in [6.07, 6.45) is 1.99. The highest BCUT2D eigenvalue weighted by molar-refractivity contribution is 6.01. The average Bonchev–Trinajstić information content (AvgIpc) is 2.90. The number of methoxy groups -OCH3 is 3.